The highest BCUT2D eigenvalue weighted by Crippen LogP contribution is 2.13. The van der Waals surface area contributed by atoms with Gasteiger partial charge in [0.2, 0.25) is 0 Å². The molecule has 0 aliphatic heterocycles. The van der Waals surface area contributed by atoms with Gasteiger partial charge in [-0.25, -0.2) is 0 Å². The lowest BCUT2D eigenvalue weighted by molar-refractivity contribution is 0.195. The van der Waals surface area contributed by atoms with Crippen LogP contribution >= 0.6 is 24.0 Å². The lowest BCUT2D eigenvalue weighted by atomic mass is 9.93. The van der Waals surface area contributed by atoms with Crippen LogP contribution in [0.3, 0.4) is 0 Å². The highest BCUT2D eigenvalue weighted by Gasteiger charge is 2.18. The topological polar surface area (TPSA) is 48.9 Å². The van der Waals surface area contributed by atoms with Crippen molar-refractivity contribution >= 4 is 29.9 Å². The van der Waals surface area contributed by atoms with Crippen LogP contribution in [0.15, 0.2) is 4.99 Å². The first-order valence-corrected chi connectivity index (χ1v) is 6.49. The molecule has 0 aliphatic carbocycles. The van der Waals surface area contributed by atoms with Crippen molar-refractivity contribution in [2.75, 3.05) is 54.5 Å². The van der Waals surface area contributed by atoms with Gasteiger partial charge in [-0.15, -0.1) is 24.0 Å². The van der Waals surface area contributed by atoms with Crippen LogP contribution in [0.5, 0.6) is 0 Å². The molecule has 0 saturated carbocycles. The average molecular weight is 386 g/mol. The molecule has 0 heterocycles. The van der Waals surface area contributed by atoms with E-state index in [1.54, 1.807) is 14.2 Å². The van der Waals surface area contributed by atoms with Gasteiger partial charge in [-0.3, -0.25) is 4.99 Å². The maximum absolute atomic E-state index is 5.01. The molecule has 0 atom stereocenters. The molecular formula is C13H31IN4O. The zero-order valence-electron chi connectivity index (χ0n) is 13.2. The van der Waals surface area contributed by atoms with E-state index in [1.165, 1.54) is 0 Å². The van der Waals surface area contributed by atoms with Gasteiger partial charge in [-0.2, -0.15) is 0 Å². The summed E-state index contributed by atoms with van der Waals surface area (Å²) in [6.07, 6.45) is 0.984. The Morgan fingerprint density at radius 2 is 1.89 bits per heavy atom. The van der Waals surface area contributed by atoms with E-state index in [0.717, 1.165) is 38.6 Å². The minimum absolute atomic E-state index is 0. The average Bonchev–Trinajstić information content (AvgIpc) is 2.26. The first kappa shape index (κ1) is 21.2. The van der Waals surface area contributed by atoms with Gasteiger partial charge in [0.1, 0.15) is 0 Å². The predicted molar refractivity (Wildman–Crippen MR) is 93.6 cm³/mol. The van der Waals surface area contributed by atoms with Gasteiger partial charge < -0.3 is 20.3 Å². The summed E-state index contributed by atoms with van der Waals surface area (Å²) in [7, 11) is 7.71. The number of nitrogens with zero attached hydrogens (tertiary/aromatic N) is 2. The number of ether oxygens (including phenoxy) is 1. The molecule has 116 valence electrons. The highest BCUT2D eigenvalue weighted by atomic mass is 127. The van der Waals surface area contributed by atoms with E-state index in [0.29, 0.717) is 0 Å². The van der Waals surface area contributed by atoms with Crippen LogP contribution < -0.4 is 10.6 Å². The third-order valence-corrected chi connectivity index (χ3v) is 2.52. The number of methoxy groups -OCH3 is 1. The Hall–Kier alpha value is -0.0800. The Balaban J connectivity index is 0. The standard InChI is InChI=1S/C13H30N4O.HI/c1-13(2,11-17(4)5)10-16-12(14-3)15-8-7-9-18-6;/h7-11H2,1-6H3,(H2,14,15,16);1H. The zero-order chi connectivity index (χ0) is 14.0. The monoisotopic (exact) mass is 386 g/mol. The Morgan fingerprint density at radius 3 is 2.37 bits per heavy atom. The van der Waals surface area contributed by atoms with Crippen LogP contribution in [0.4, 0.5) is 0 Å². The SMILES string of the molecule is CN=C(NCCCOC)NCC(C)(C)CN(C)C.I. The van der Waals surface area contributed by atoms with Crippen molar-refractivity contribution in [2.24, 2.45) is 10.4 Å². The predicted octanol–water partition coefficient (Wildman–Crippen LogP) is 1.39. The number of hydrogen-bond acceptors (Lipinski definition) is 3. The molecule has 0 radical (unpaired) electrons. The molecule has 0 unspecified atom stereocenters. The van der Waals surface area contributed by atoms with Gasteiger partial charge in [0, 0.05) is 40.4 Å². The summed E-state index contributed by atoms with van der Waals surface area (Å²) >= 11 is 0. The van der Waals surface area contributed by atoms with Crippen molar-refractivity contribution in [2.45, 2.75) is 20.3 Å². The summed E-state index contributed by atoms with van der Waals surface area (Å²) in [6, 6.07) is 0. The Bertz CT molecular complexity index is 245. The Kier molecular flexibility index (Phi) is 13.1. The number of aliphatic imine (C=N–C) groups is 1. The molecule has 0 fully saturated rings. The second kappa shape index (κ2) is 11.7. The summed E-state index contributed by atoms with van der Waals surface area (Å²) in [5.41, 5.74) is 0.216. The van der Waals surface area contributed by atoms with Crippen LogP contribution in [0.25, 0.3) is 0 Å². The molecule has 0 aromatic heterocycles. The van der Waals surface area contributed by atoms with E-state index in [-0.39, 0.29) is 29.4 Å². The number of guanidine groups is 1. The van der Waals surface area contributed by atoms with Gasteiger partial charge >= 0.3 is 0 Å². The van der Waals surface area contributed by atoms with Gasteiger partial charge in [0.05, 0.1) is 0 Å². The molecule has 0 bridgehead atoms. The second-order valence-electron chi connectivity index (χ2n) is 5.60. The van der Waals surface area contributed by atoms with Crippen molar-refractivity contribution in [1.29, 1.82) is 0 Å². The molecule has 0 amide bonds. The molecule has 0 spiro atoms. The molecule has 0 aromatic rings. The normalized spacial score (nSPS) is 12.3. The molecule has 0 aliphatic rings. The minimum Gasteiger partial charge on any atom is -0.385 e. The molecule has 19 heavy (non-hydrogen) atoms. The summed E-state index contributed by atoms with van der Waals surface area (Å²) < 4.78 is 5.01. The maximum Gasteiger partial charge on any atom is 0.190 e. The molecule has 0 rings (SSSR count). The minimum atomic E-state index is 0. The van der Waals surface area contributed by atoms with Crippen molar-refractivity contribution in [3.8, 4) is 0 Å². The van der Waals surface area contributed by atoms with Gasteiger partial charge in [0.15, 0.2) is 5.96 Å². The second-order valence-corrected chi connectivity index (χ2v) is 5.60. The summed E-state index contributed by atoms with van der Waals surface area (Å²) in [4.78, 5) is 6.41. The van der Waals surface area contributed by atoms with Gasteiger partial charge in [-0.05, 0) is 25.9 Å². The molecule has 0 aromatic carbocycles. The number of hydrogen-bond donors (Lipinski definition) is 2. The molecule has 0 saturated heterocycles. The van der Waals surface area contributed by atoms with Gasteiger partial charge in [-0.1, -0.05) is 13.8 Å². The van der Waals surface area contributed by atoms with Crippen molar-refractivity contribution in [3.05, 3.63) is 0 Å². The van der Waals surface area contributed by atoms with Crippen molar-refractivity contribution in [3.63, 3.8) is 0 Å². The third-order valence-electron chi connectivity index (χ3n) is 2.52. The number of halogens is 1. The van der Waals surface area contributed by atoms with E-state index in [1.807, 2.05) is 0 Å². The quantitative estimate of drug-likeness (QED) is 0.287. The Morgan fingerprint density at radius 1 is 1.26 bits per heavy atom. The van der Waals surface area contributed by atoms with Crippen LogP contribution in [-0.4, -0.2) is 65.4 Å². The maximum atomic E-state index is 5.01. The molecular weight excluding hydrogens is 355 g/mol. The molecule has 2 N–H and O–H groups in total. The van der Waals surface area contributed by atoms with Crippen molar-refractivity contribution < 1.29 is 4.74 Å². The fourth-order valence-electron chi connectivity index (χ4n) is 1.88. The third kappa shape index (κ3) is 12.7. The first-order valence-electron chi connectivity index (χ1n) is 6.49. The van der Waals surface area contributed by atoms with Crippen LogP contribution in [0.2, 0.25) is 0 Å². The van der Waals surface area contributed by atoms with E-state index in [2.05, 4.69) is 48.5 Å². The van der Waals surface area contributed by atoms with Crippen LogP contribution in [0.1, 0.15) is 20.3 Å². The summed E-state index contributed by atoms with van der Waals surface area (Å²) in [6.45, 7) is 8.09. The van der Waals surface area contributed by atoms with Crippen molar-refractivity contribution in [1.82, 2.24) is 15.5 Å². The van der Waals surface area contributed by atoms with Crippen LogP contribution in [0, 0.1) is 5.41 Å². The van der Waals surface area contributed by atoms with E-state index >= 15 is 0 Å². The number of nitrogens with one attached hydrogen (secondary N) is 2. The lowest BCUT2D eigenvalue weighted by Crippen LogP contribution is -2.45. The fraction of sp³-hybridized carbons (Fsp3) is 0.923. The summed E-state index contributed by atoms with van der Waals surface area (Å²) in [5, 5.41) is 6.64. The van der Waals surface area contributed by atoms with E-state index < -0.39 is 0 Å². The van der Waals surface area contributed by atoms with E-state index in [4.69, 9.17) is 4.74 Å². The van der Waals surface area contributed by atoms with Gasteiger partial charge in [0.25, 0.3) is 0 Å². The molecule has 5 nitrogen and oxygen atoms in total. The largest absolute Gasteiger partial charge is 0.385 e. The first-order chi connectivity index (χ1) is 8.41. The van der Waals surface area contributed by atoms with Crippen LogP contribution in [-0.2, 0) is 4.74 Å². The lowest BCUT2D eigenvalue weighted by Gasteiger charge is -2.29. The smallest absolute Gasteiger partial charge is 0.190 e. The molecule has 6 heteroatoms. The Labute approximate surface area is 135 Å². The fourth-order valence-corrected chi connectivity index (χ4v) is 1.88. The highest BCUT2D eigenvalue weighted by molar-refractivity contribution is 14.0. The zero-order valence-corrected chi connectivity index (χ0v) is 15.6. The van der Waals surface area contributed by atoms with E-state index in [9.17, 15) is 0 Å². The number of rotatable bonds is 8. The summed E-state index contributed by atoms with van der Waals surface area (Å²) in [5.74, 6) is 0.859.